The number of amides is 1. The van der Waals surface area contributed by atoms with Crippen molar-refractivity contribution in [3.63, 3.8) is 0 Å². The summed E-state index contributed by atoms with van der Waals surface area (Å²) in [5.74, 6) is 0.858. The Morgan fingerprint density at radius 1 is 1.43 bits per heavy atom. The number of rotatable bonds is 2. The van der Waals surface area contributed by atoms with Gasteiger partial charge in [-0.1, -0.05) is 6.07 Å². The van der Waals surface area contributed by atoms with Crippen LogP contribution in [-0.2, 0) is 4.74 Å². The van der Waals surface area contributed by atoms with E-state index in [2.05, 4.69) is 10.3 Å². The molecule has 1 atom stereocenters. The molecule has 5 heteroatoms. The maximum absolute atomic E-state index is 12.1. The van der Waals surface area contributed by atoms with E-state index in [0.717, 1.165) is 30.8 Å². The summed E-state index contributed by atoms with van der Waals surface area (Å²) < 4.78 is 5.44. The van der Waals surface area contributed by atoms with Crippen molar-refractivity contribution in [3.8, 4) is 0 Å². The Bertz CT molecular complexity index is 479. The number of piperidine rings is 1. The summed E-state index contributed by atoms with van der Waals surface area (Å²) in [6, 6.07) is 4.23. The SMILES string of the molecule is Cc1ccc(N[C@@H]2CCCN(C(=O)OC(C)(C)C)C2)nc1. The third kappa shape index (κ3) is 4.92. The molecule has 0 aliphatic carbocycles. The second kappa shape index (κ2) is 6.33. The van der Waals surface area contributed by atoms with Gasteiger partial charge in [-0.25, -0.2) is 9.78 Å². The first-order valence-corrected chi connectivity index (χ1v) is 7.50. The van der Waals surface area contributed by atoms with Gasteiger partial charge in [0.05, 0.1) is 0 Å². The minimum Gasteiger partial charge on any atom is -0.444 e. The minimum absolute atomic E-state index is 0.224. The molecule has 21 heavy (non-hydrogen) atoms. The number of nitrogens with zero attached hydrogens (tertiary/aromatic N) is 2. The molecule has 1 aromatic heterocycles. The summed E-state index contributed by atoms with van der Waals surface area (Å²) >= 11 is 0. The first-order valence-electron chi connectivity index (χ1n) is 7.50. The molecule has 2 rings (SSSR count). The van der Waals surface area contributed by atoms with Crippen molar-refractivity contribution in [2.24, 2.45) is 0 Å². The van der Waals surface area contributed by atoms with E-state index >= 15 is 0 Å². The number of aromatic nitrogens is 1. The maximum atomic E-state index is 12.1. The summed E-state index contributed by atoms with van der Waals surface area (Å²) in [6.45, 7) is 9.10. The van der Waals surface area contributed by atoms with Crippen molar-refractivity contribution >= 4 is 11.9 Å². The van der Waals surface area contributed by atoms with Crippen LogP contribution >= 0.6 is 0 Å². The maximum Gasteiger partial charge on any atom is 0.410 e. The van der Waals surface area contributed by atoms with Crippen LogP contribution in [0.2, 0.25) is 0 Å². The van der Waals surface area contributed by atoms with Gasteiger partial charge in [0.15, 0.2) is 0 Å². The lowest BCUT2D eigenvalue weighted by atomic mass is 10.1. The van der Waals surface area contributed by atoms with Crippen molar-refractivity contribution < 1.29 is 9.53 Å². The Balaban J connectivity index is 1.91. The van der Waals surface area contributed by atoms with Crippen LogP contribution in [0.1, 0.15) is 39.2 Å². The topological polar surface area (TPSA) is 54.5 Å². The van der Waals surface area contributed by atoms with E-state index in [0.29, 0.717) is 6.54 Å². The average Bonchev–Trinajstić information content (AvgIpc) is 2.40. The first-order chi connectivity index (χ1) is 9.83. The minimum atomic E-state index is -0.448. The molecule has 1 aromatic rings. The monoisotopic (exact) mass is 291 g/mol. The zero-order valence-corrected chi connectivity index (χ0v) is 13.3. The van der Waals surface area contributed by atoms with Crippen molar-refractivity contribution in [1.29, 1.82) is 0 Å². The van der Waals surface area contributed by atoms with Crippen LogP contribution in [0.15, 0.2) is 18.3 Å². The fraction of sp³-hybridized carbons (Fsp3) is 0.625. The zero-order chi connectivity index (χ0) is 15.5. The van der Waals surface area contributed by atoms with Gasteiger partial charge in [-0.2, -0.15) is 0 Å². The fourth-order valence-electron chi connectivity index (χ4n) is 2.35. The van der Waals surface area contributed by atoms with Gasteiger partial charge >= 0.3 is 6.09 Å². The fourth-order valence-corrected chi connectivity index (χ4v) is 2.35. The summed E-state index contributed by atoms with van der Waals surface area (Å²) in [6.07, 6.45) is 3.62. The molecular weight excluding hydrogens is 266 g/mol. The third-order valence-corrected chi connectivity index (χ3v) is 3.34. The molecule has 0 radical (unpaired) electrons. The highest BCUT2D eigenvalue weighted by Gasteiger charge is 2.27. The first kappa shape index (κ1) is 15.6. The summed E-state index contributed by atoms with van der Waals surface area (Å²) in [4.78, 5) is 18.3. The number of pyridine rings is 1. The van der Waals surface area contributed by atoms with Gasteiger partial charge in [-0.3, -0.25) is 0 Å². The smallest absolute Gasteiger partial charge is 0.410 e. The number of carbonyl (C=O) groups excluding carboxylic acids is 1. The van der Waals surface area contributed by atoms with Crippen LogP contribution in [0.5, 0.6) is 0 Å². The van der Waals surface area contributed by atoms with Crippen molar-refractivity contribution in [2.75, 3.05) is 18.4 Å². The van der Waals surface area contributed by atoms with Crippen LogP contribution in [0.4, 0.5) is 10.6 Å². The molecular formula is C16H25N3O2. The van der Waals surface area contributed by atoms with Gasteiger partial charge in [0.1, 0.15) is 11.4 Å². The number of anilines is 1. The standard InChI is InChI=1S/C16H25N3O2/c1-12-7-8-14(17-10-12)18-13-6-5-9-19(11-13)15(20)21-16(2,3)4/h7-8,10,13H,5-6,9,11H2,1-4H3,(H,17,18)/t13-/m1/s1. The Kier molecular flexibility index (Phi) is 4.70. The molecule has 1 N–H and O–H groups in total. The van der Waals surface area contributed by atoms with E-state index in [1.165, 1.54) is 0 Å². The molecule has 0 saturated carbocycles. The summed E-state index contributed by atoms with van der Waals surface area (Å²) in [5, 5.41) is 3.40. The second-order valence-corrected chi connectivity index (χ2v) is 6.63. The third-order valence-electron chi connectivity index (χ3n) is 3.34. The molecule has 2 heterocycles. The quantitative estimate of drug-likeness (QED) is 0.909. The van der Waals surface area contributed by atoms with Gasteiger partial charge in [0.25, 0.3) is 0 Å². The Hall–Kier alpha value is -1.78. The lowest BCUT2D eigenvalue weighted by Gasteiger charge is -2.34. The van der Waals surface area contributed by atoms with E-state index < -0.39 is 5.60 Å². The molecule has 0 bridgehead atoms. The van der Waals surface area contributed by atoms with E-state index in [1.807, 2.05) is 46.0 Å². The van der Waals surface area contributed by atoms with E-state index in [1.54, 1.807) is 4.90 Å². The van der Waals surface area contributed by atoms with Gasteiger partial charge < -0.3 is 15.0 Å². The van der Waals surface area contributed by atoms with E-state index in [4.69, 9.17) is 4.74 Å². The molecule has 5 nitrogen and oxygen atoms in total. The number of aryl methyl sites for hydroxylation is 1. The molecule has 1 fully saturated rings. The van der Waals surface area contributed by atoms with Crippen LogP contribution in [0, 0.1) is 6.92 Å². The van der Waals surface area contributed by atoms with Crippen LogP contribution in [-0.4, -0.2) is 40.7 Å². The average molecular weight is 291 g/mol. The van der Waals surface area contributed by atoms with Gasteiger partial charge in [0.2, 0.25) is 0 Å². The highest BCUT2D eigenvalue weighted by atomic mass is 16.6. The molecule has 0 aromatic carbocycles. The normalized spacial score (nSPS) is 19.2. The predicted molar refractivity (Wildman–Crippen MR) is 83.4 cm³/mol. The number of nitrogens with one attached hydrogen (secondary N) is 1. The lowest BCUT2D eigenvalue weighted by Crippen LogP contribution is -2.47. The molecule has 116 valence electrons. The number of carbonyl (C=O) groups is 1. The second-order valence-electron chi connectivity index (χ2n) is 6.63. The largest absolute Gasteiger partial charge is 0.444 e. The molecule has 1 aliphatic heterocycles. The summed E-state index contributed by atoms with van der Waals surface area (Å²) in [7, 11) is 0. The molecule has 1 aliphatic rings. The Morgan fingerprint density at radius 3 is 2.81 bits per heavy atom. The van der Waals surface area contributed by atoms with Crippen molar-refractivity contribution in [3.05, 3.63) is 23.9 Å². The van der Waals surface area contributed by atoms with Crippen LogP contribution in [0.3, 0.4) is 0 Å². The molecule has 0 unspecified atom stereocenters. The lowest BCUT2D eigenvalue weighted by molar-refractivity contribution is 0.0206. The van der Waals surface area contributed by atoms with Crippen molar-refractivity contribution in [2.45, 2.75) is 52.2 Å². The highest BCUT2D eigenvalue weighted by Crippen LogP contribution is 2.18. The Labute approximate surface area is 126 Å². The molecule has 1 saturated heterocycles. The van der Waals surface area contributed by atoms with Gasteiger partial charge in [-0.05, 0) is 52.2 Å². The van der Waals surface area contributed by atoms with Gasteiger partial charge in [0, 0.05) is 25.3 Å². The zero-order valence-electron chi connectivity index (χ0n) is 13.3. The van der Waals surface area contributed by atoms with Crippen molar-refractivity contribution in [1.82, 2.24) is 9.88 Å². The van der Waals surface area contributed by atoms with E-state index in [-0.39, 0.29) is 12.1 Å². The van der Waals surface area contributed by atoms with Crippen LogP contribution < -0.4 is 5.32 Å². The Morgan fingerprint density at radius 2 is 2.19 bits per heavy atom. The number of ether oxygens (including phenoxy) is 1. The molecule has 0 spiro atoms. The highest BCUT2D eigenvalue weighted by molar-refractivity contribution is 5.68. The number of hydrogen-bond acceptors (Lipinski definition) is 4. The van der Waals surface area contributed by atoms with Gasteiger partial charge in [-0.15, -0.1) is 0 Å². The van der Waals surface area contributed by atoms with Crippen LogP contribution in [0.25, 0.3) is 0 Å². The molecule has 1 amide bonds. The van der Waals surface area contributed by atoms with E-state index in [9.17, 15) is 4.79 Å². The summed E-state index contributed by atoms with van der Waals surface area (Å²) in [5.41, 5.74) is 0.690. The number of hydrogen-bond donors (Lipinski definition) is 1. The predicted octanol–water partition coefficient (Wildman–Crippen LogP) is 3.20. The number of likely N-dealkylation sites (tertiary alicyclic amines) is 1.